The van der Waals surface area contributed by atoms with E-state index in [1.165, 1.54) is 0 Å². The standard InChI is InChI=1S/C14H18N2O4S/c1-8-10(9(2)20-15-8)6-19-13(18)11-7-21-14(3)5-4-12(17)16(11)14/h11H,4-7H2,1-3H3. The van der Waals surface area contributed by atoms with Crippen LogP contribution in [0.1, 0.15) is 36.8 Å². The fourth-order valence-electron chi connectivity index (χ4n) is 2.94. The van der Waals surface area contributed by atoms with E-state index in [1.807, 2.05) is 13.8 Å². The second-order valence-electron chi connectivity index (χ2n) is 5.68. The fourth-order valence-corrected chi connectivity index (χ4v) is 4.36. The molecule has 0 radical (unpaired) electrons. The van der Waals surface area contributed by atoms with Crippen LogP contribution < -0.4 is 0 Å². The molecule has 0 saturated carbocycles. The number of amides is 1. The summed E-state index contributed by atoms with van der Waals surface area (Å²) in [5, 5.41) is 3.83. The van der Waals surface area contributed by atoms with Gasteiger partial charge in [0.2, 0.25) is 5.91 Å². The molecular formula is C14H18N2O4S. The maximum atomic E-state index is 12.3. The molecule has 1 aromatic heterocycles. The van der Waals surface area contributed by atoms with Crippen LogP contribution in [-0.2, 0) is 20.9 Å². The van der Waals surface area contributed by atoms with Crippen molar-refractivity contribution >= 4 is 23.6 Å². The summed E-state index contributed by atoms with van der Waals surface area (Å²) >= 11 is 1.66. The fraction of sp³-hybridized carbons (Fsp3) is 0.643. The monoisotopic (exact) mass is 310 g/mol. The molecule has 0 bridgehead atoms. The Labute approximate surface area is 127 Å². The third kappa shape index (κ3) is 2.33. The zero-order valence-electron chi connectivity index (χ0n) is 12.3. The maximum Gasteiger partial charge on any atom is 0.330 e. The van der Waals surface area contributed by atoms with Gasteiger partial charge in [-0.3, -0.25) is 4.79 Å². The molecule has 1 amide bonds. The Morgan fingerprint density at radius 1 is 1.57 bits per heavy atom. The van der Waals surface area contributed by atoms with Crippen LogP contribution in [0.25, 0.3) is 0 Å². The van der Waals surface area contributed by atoms with E-state index in [4.69, 9.17) is 9.26 Å². The minimum Gasteiger partial charge on any atom is -0.459 e. The normalized spacial score (nSPS) is 28.0. The zero-order valence-corrected chi connectivity index (χ0v) is 13.2. The topological polar surface area (TPSA) is 72.6 Å². The summed E-state index contributed by atoms with van der Waals surface area (Å²) in [6.07, 6.45) is 1.31. The van der Waals surface area contributed by atoms with E-state index in [9.17, 15) is 9.59 Å². The molecule has 0 aliphatic carbocycles. The predicted octanol–water partition coefficient (Wildman–Crippen LogP) is 1.79. The highest BCUT2D eigenvalue weighted by atomic mass is 32.2. The van der Waals surface area contributed by atoms with Crippen molar-refractivity contribution in [3.05, 3.63) is 17.0 Å². The molecule has 0 aromatic carbocycles. The van der Waals surface area contributed by atoms with Crippen LogP contribution in [0, 0.1) is 13.8 Å². The molecule has 21 heavy (non-hydrogen) atoms. The van der Waals surface area contributed by atoms with Gasteiger partial charge >= 0.3 is 5.97 Å². The number of thioether (sulfide) groups is 1. The predicted molar refractivity (Wildman–Crippen MR) is 76.5 cm³/mol. The lowest BCUT2D eigenvalue weighted by molar-refractivity contribution is -0.154. The Hall–Kier alpha value is -1.50. The molecule has 6 nitrogen and oxygen atoms in total. The van der Waals surface area contributed by atoms with Gasteiger partial charge in [-0.05, 0) is 27.2 Å². The number of fused-ring (bicyclic) bond motifs is 1. The summed E-state index contributed by atoms with van der Waals surface area (Å²) in [5.74, 6) is 0.953. The number of aromatic nitrogens is 1. The van der Waals surface area contributed by atoms with Gasteiger partial charge in [-0.1, -0.05) is 5.16 Å². The van der Waals surface area contributed by atoms with E-state index in [2.05, 4.69) is 5.16 Å². The molecule has 2 aliphatic rings. The number of rotatable bonds is 3. The average molecular weight is 310 g/mol. The molecule has 0 N–H and O–H groups in total. The van der Waals surface area contributed by atoms with Crippen molar-refractivity contribution in [2.45, 2.75) is 51.1 Å². The van der Waals surface area contributed by atoms with Crippen molar-refractivity contribution in [1.82, 2.24) is 10.1 Å². The number of hydrogen-bond acceptors (Lipinski definition) is 6. The third-order valence-corrected chi connectivity index (χ3v) is 5.76. The Morgan fingerprint density at radius 3 is 3.00 bits per heavy atom. The van der Waals surface area contributed by atoms with Crippen molar-refractivity contribution in [1.29, 1.82) is 0 Å². The molecule has 1 aromatic rings. The number of carbonyl (C=O) groups excluding carboxylic acids is 2. The van der Waals surface area contributed by atoms with Crippen LogP contribution in [-0.4, -0.2) is 38.6 Å². The third-order valence-electron chi connectivity index (χ3n) is 4.26. The van der Waals surface area contributed by atoms with Crippen molar-refractivity contribution in [2.24, 2.45) is 0 Å². The van der Waals surface area contributed by atoms with Crippen LogP contribution in [0.2, 0.25) is 0 Å². The van der Waals surface area contributed by atoms with Crippen molar-refractivity contribution in [3.63, 3.8) is 0 Å². The summed E-state index contributed by atoms with van der Waals surface area (Å²) < 4.78 is 10.4. The second kappa shape index (κ2) is 5.05. The van der Waals surface area contributed by atoms with Gasteiger partial charge in [-0.25, -0.2) is 4.79 Å². The minimum atomic E-state index is -0.476. The van der Waals surface area contributed by atoms with Gasteiger partial charge in [-0.2, -0.15) is 0 Å². The smallest absolute Gasteiger partial charge is 0.330 e. The highest BCUT2D eigenvalue weighted by molar-refractivity contribution is 8.01. The van der Waals surface area contributed by atoms with Crippen LogP contribution in [0.4, 0.5) is 0 Å². The van der Waals surface area contributed by atoms with E-state index in [0.29, 0.717) is 17.9 Å². The van der Waals surface area contributed by atoms with E-state index < -0.39 is 6.04 Å². The number of esters is 1. The van der Waals surface area contributed by atoms with Gasteiger partial charge in [0.05, 0.1) is 16.1 Å². The molecule has 7 heteroatoms. The number of nitrogens with zero attached hydrogens (tertiary/aromatic N) is 2. The molecule has 2 unspecified atom stereocenters. The van der Waals surface area contributed by atoms with Crippen LogP contribution >= 0.6 is 11.8 Å². The summed E-state index contributed by atoms with van der Waals surface area (Å²) in [6, 6.07) is -0.476. The zero-order chi connectivity index (χ0) is 15.2. The highest BCUT2D eigenvalue weighted by Crippen LogP contribution is 2.47. The Kier molecular flexibility index (Phi) is 3.47. The molecule has 2 atom stereocenters. The van der Waals surface area contributed by atoms with E-state index in [1.54, 1.807) is 23.6 Å². The van der Waals surface area contributed by atoms with Gasteiger partial charge in [0, 0.05) is 12.2 Å². The van der Waals surface area contributed by atoms with Gasteiger partial charge in [0.15, 0.2) is 0 Å². The Morgan fingerprint density at radius 2 is 2.33 bits per heavy atom. The van der Waals surface area contributed by atoms with Crippen LogP contribution in [0.15, 0.2) is 4.52 Å². The van der Waals surface area contributed by atoms with E-state index in [-0.39, 0.29) is 23.4 Å². The SMILES string of the molecule is Cc1noc(C)c1COC(=O)C1CSC2(C)CCC(=O)N12. The van der Waals surface area contributed by atoms with Crippen LogP contribution in [0.3, 0.4) is 0 Å². The summed E-state index contributed by atoms with van der Waals surface area (Å²) in [4.78, 5) is 25.8. The number of aryl methyl sites for hydroxylation is 2. The van der Waals surface area contributed by atoms with E-state index in [0.717, 1.165) is 17.7 Å². The van der Waals surface area contributed by atoms with Crippen molar-refractivity contribution < 1.29 is 18.8 Å². The van der Waals surface area contributed by atoms with E-state index >= 15 is 0 Å². The highest BCUT2D eigenvalue weighted by Gasteiger charge is 2.53. The molecular weight excluding hydrogens is 292 g/mol. The molecule has 3 rings (SSSR count). The molecule has 0 spiro atoms. The minimum absolute atomic E-state index is 0.0433. The molecule has 3 heterocycles. The van der Waals surface area contributed by atoms with Gasteiger partial charge in [-0.15, -0.1) is 11.8 Å². The molecule has 2 aliphatic heterocycles. The van der Waals surface area contributed by atoms with Gasteiger partial charge in [0.1, 0.15) is 18.4 Å². The first-order valence-electron chi connectivity index (χ1n) is 6.97. The van der Waals surface area contributed by atoms with Gasteiger partial charge < -0.3 is 14.2 Å². The quantitative estimate of drug-likeness (QED) is 0.793. The number of carbonyl (C=O) groups is 2. The number of hydrogen-bond donors (Lipinski definition) is 0. The van der Waals surface area contributed by atoms with Gasteiger partial charge in [0.25, 0.3) is 0 Å². The van der Waals surface area contributed by atoms with Crippen molar-refractivity contribution in [3.8, 4) is 0 Å². The lowest BCUT2D eigenvalue weighted by Crippen LogP contribution is -2.46. The summed E-state index contributed by atoms with van der Waals surface area (Å²) in [6.45, 7) is 5.76. The lowest BCUT2D eigenvalue weighted by atomic mass is 10.2. The maximum absolute atomic E-state index is 12.3. The first-order valence-corrected chi connectivity index (χ1v) is 7.95. The molecule has 114 valence electrons. The average Bonchev–Trinajstić information content (AvgIpc) is 3.04. The second-order valence-corrected chi connectivity index (χ2v) is 7.18. The first kappa shape index (κ1) is 14.4. The molecule has 2 saturated heterocycles. The van der Waals surface area contributed by atoms with Crippen molar-refractivity contribution in [2.75, 3.05) is 5.75 Å². The van der Waals surface area contributed by atoms with Crippen LogP contribution in [0.5, 0.6) is 0 Å². The molecule has 2 fully saturated rings. The first-order chi connectivity index (χ1) is 9.92. The largest absolute Gasteiger partial charge is 0.459 e. The Balaban J connectivity index is 1.68. The lowest BCUT2D eigenvalue weighted by Gasteiger charge is -2.29. The number of ether oxygens (including phenoxy) is 1. The summed E-state index contributed by atoms with van der Waals surface area (Å²) in [5.41, 5.74) is 1.52. The summed E-state index contributed by atoms with van der Waals surface area (Å²) in [7, 11) is 0. The Bertz CT molecular complexity index is 580.